The fourth-order valence-electron chi connectivity index (χ4n) is 2.92. The Bertz CT molecular complexity index is 470. The minimum absolute atomic E-state index is 0.118. The van der Waals surface area contributed by atoms with Gasteiger partial charge in [-0.15, -0.1) is 5.10 Å². The lowest BCUT2D eigenvalue weighted by molar-refractivity contribution is -0.0565. The topological polar surface area (TPSA) is 98.2 Å². The first-order valence-electron chi connectivity index (χ1n) is 9.01. The van der Waals surface area contributed by atoms with Gasteiger partial charge in [-0.2, -0.15) is 0 Å². The number of nitrogens with two attached hydrogens (primary N) is 1. The Hall–Kier alpha value is -1.02. The zero-order chi connectivity index (χ0) is 19.7. The van der Waals surface area contributed by atoms with Gasteiger partial charge in [-0.1, -0.05) is 32.9 Å². The van der Waals surface area contributed by atoms with Gasteiger partial charge < -0.3 is 9.94 Å². The zero-order valence-corrected chi connectivity index (χ0v) is 17.3. The molecule has 1 rings (SSSR count). The molecule has 0 aromatic carbocycles. The Labute approximate surface area is 153 Å². The number of nitrogens with one attached hydrogen (secondary N) is 1. The highest BCUT2D eigenvalue weighted by atomic mass is 16.5. The van der Waals surface area contributed by atoms with Crippen LogP contribution >= 0.6 is 0 Å². The molecule has 0 saturated heterocycles. The normalized spacial score (nSPS) is 12.5. The Kier molecular flexibility index (Phi) is 10.4. The molecule has 0 fully saturated rings. The van der Waals surface area contributed by atoms with E-state index in [1.54, 1.807) is 0 Å². The quantitative estimate of drug-likeness (QED) is 0.557. The molecule has 0 aliphatic carbocycles. The number of hydrogen-bond acceptors (Lipinski definition) is 6. The van der Waals surface area contributed by atoms with E-state index in [0.29, 0.717) is 18.6 Å². The van der Waals surface area contributed by atoms with Crippen LogP contribution in [-0.4, -0.2) is 38.5 Å². The van der Waals surface area contributed by atoms with Crippen LogP contribution in [0.15, 0.2) is 6.20 Å². The van der Waals surface area contributed by atoms with Crippen LogP contribution in [0.4, 0.5) is 0 Å². The Morgan fingerprint density at radius 2 is 1.80 bits per heavy atom. The van der Waals surface area contributed by atoms with Gasteiger partial charge in [0.25, 0.3) is 0 Å². The van der Waals surface area contributed by atoms with Gasteiger partial charge in [0, 0.05) is 18.8 Å². The molecule has 1 aromatic rings. The molecule has 0 unspecified atom stereocenters. The van der Waals surface area contributed by atoms with Crippen molar-refractivity contribution < 1.29 is 9.94 Å². The second-order valence-corrected chi connectivity index (χ2v) is 8.75. The third-order valence-electron chi connectivity index (χ3n) is 3.62. The number of rotatable bonds is 10. The maximum absolute atomic E-state index is 6.50. The number of ether oxygens (including phenoxy) is 1. The van der Waals surface area contributed by atoms with Gasteiger partial charge in [-0.3, -0.25) is 5.32 Å². The molecule has 1 heterocycles. The van der Waals surface area contributed by atoms with Crippen LogP contribution in [0.1, 0.15) is 67.5 Å². The van der Waals surface area contributed by atoms with Crippen LogP contribution in [0.25, 0.3) is 0 Å². The van der Waals surface area contributed by atoms with E-state index < -0.39 is 0 Å². The fourth-order valence-corrected chi connectivity index (χ4v) is 2.92. The molecular formula is C18H39N5O2. The van der Waals surface area contributed by atoms with Gasteiger partial charge in [0.05, 0.1) is 18.0 Å². The van der Waals surface area contributed by atoms with E-state index in [4.69, 9.17) is 9.94 Å². The fraction of sp³-hybridized carbons (Fsp3) is 0.889. The third-order valence-corrected chi connectivity index (χ3v) is 3.62. The Morgan fingerprint density at radius 1 is 1.20 bits per heavy atom. The van der Waals surface area contributed by atoms with Crippen molar-refractivity contribution in [1.29, 1.82) is 0 Å². The third kappa shape index (κ3) is 11.3. The highest BCUT2D eigenvalue weighted by Gasteiger charge is 2.30. The molecule has 0 bridgehead atoms. The first-order chi connectivity index (χ1) is 11.5. The van der Waals surface area contributed by atoms with Crippen LogP contribution in [0.2, 0.25) is 0 Å². The maximum atomic E-state index is 6.50. The van der Waals surface area contributed by atoms with Crippen molar-refractivity contribution >= 4 is 0 Å². The standard InChI is InChI=1S/C18H36N4O.H3NO/c1-14(2)11-23-18(7,8)12-17(5,6)9-16-10-22(21-20-16)13-19-15(3)4;1-2/h10,14-15,19H,9,11-13H2,1-8H3;2H,1H2. The minimum atomic E-state index is -0.122. The number of aromatic nitrogens is 3. The summed E-state index contributed by atoms with van der Waals surface area (Å²) in [4.78, 5) is 0. The van der Waals surface area contributed by atoms with E-state index in [1.807, 2.05) is 10.9 Å². The first kappa shape index (κ1) is 24.0. The van der Waals surface area contributed by atoms with Crippen molar-refractivity contribution in [3.63, 3.8) is 0 Å². The van der Waals surface area contributed by atoms with Gasteiger partial charge in [0.1, 0.15) is 0 Å². The summed E-state index contributed by atoms with van der Waals surface area (Å²) >= 11 is 0. The minimum Gasteiger partial charge on any atom is -0.375 e. The first-order valence-corrected chi connectivity index (χ1v) is 9.01. The van der Waals surface area contributed by atoms with E-state index in [9.17, 15) is 0 Å². The predicted molar refractivity (Wildman–Crippen MR) is 101 cm³/mol. The van der Waals surface area contributed by atoms with Crippen LogP contribution in [0.5, 0.6) is 0 Å². The lowest BCUT2D eigenvalue weighted by Crippen LogP contribution is -2.34. The van der Waals surface area contributed by atoms with E-state index in [1.165, 1.54) is 0 Å². The molecular weight excluding hydrogens is 318 g/mol. The van der Waals surface area contributed by atoms with E-state index >= 15 is 0 Å². The molecule has 0 saturated carbocycles. The highest BCUT2D eigenvalue weighted by Crippen LogP contribution is 2.33. The number of nitrogens with zero attached hydrogens (tertiary/aromatic N) is 3. The largest absolute Gasteiger partial charge is 0.375 e. The lowest BCUT2D eigenvalue weighted by Gasteiger charge is -2.35. The second-order valence-electron chi connectivity index (χ2n) is 8.75. The van der Waals surface area contributed by atoms with Gasteiger partial charge >= 0.3 is 0 Å². The molecule has 1 aromatic heterocycles. The average molecular weight is 358 g/mol. The smallest absolute Gasteiger partial charge is 0.0923 e. The predicted octanol–water partition coefficient (Wildman–Crippen LogP) is 2.98. The molecule has 0 aliphatic rings. The summed E-state index contributed by atoms with van der Waals surface area (Å²) in [6, 6.07) is 0.443. The second kappa shape index (κ2) is 10.9. The summed E-state index contributed by atoms with van der Waals surface area (Å²) in [5.41, 5.74) is 1.04. The molecule has 0 aliphatic heterocycles. The summed E-state index contributed by atoms with van der Waals surface area (Å²) in [7, 11) is 0. The average Bonchev–Trinajstić information content (AvgIpc) is 2.91. The molecule has 7 heteroatoms. The van der Waals surface area contributed by atoms with Gasteiger partial charge in [0.2, 0.25) is 0 Å². The SMILES string of the molecule is CC(C)COC(C)(C)CC(C)(C)Cc1cn(CNC(C)C)nn1.NO. The summed E-state index contributed by atoms with van der Waals surface area (Å²) in [5.74, 6) is 4.06. The molecule has 0 radical (unpaired) electrons. The van der Waals surface area contributed by atoms with Crippen LogP contribution in [0.3, 0.4) is 0 Å². The van der Waals surface area contributed by atoms with E-state index in [0.717, 1.165) is 25.1 Å². The van der Waals surface area contributed by atoms with Crippen LogP contribution in [-0.2, 0) is 17.8 Å². The summed E-state index contributed by atoms with van der Waals surface area (Å²) in [6.07, 6.45) is 3.94. The monoisotopic (exact) mass is 357 g/mol. The Balaban J connectivity index is 0.00000277. The maximum Gasteiger partial charge on any atom is 0.0923 e. The van der Waals surface area contributed by atoms with Gasteiger partial charge in [0.15, 0.2) is 0 Å². The molecule has 0 atom stereocenters. The molecule has 7 nitrogen and oxygen atoms in total. The van der Waals surface area contributed by atoms with Crippen molar-refractivity contribution in [3.8, 4) is 0 Å². The van der Waals surface area contributed by atoms with E-state index in [2.05, 4.69) is 76.9 Å². The lowest BCUT2D eigenvalue weighted by atomic mass is 9.78. The summed E-state index contributed by atoms with van der Waals surface area (Å²) < 4.78 is 7.95. The Morgan fingerprint density at radius 3 is 2.32 bits per heavy atom. The number of hydrogen-bond donors (Lipinski definition) is 3. The van der Waals surface area contributed by atoms with Crippen LogP contribution < -0.4 is 11.2 Å². The van der Waals surface area contributed by atoms with Crippen molar-refractivity contribution in [2.24, 2.45) is 17.2 Å². The zero-order valence-electron chi connectivity index (χ0n) is 17.3. The molecule has 0 spiro atoms. The molecule has 0 amide bonds. The van der Waals surface area contributed by atoms with Gasteiger partial charge in [-0.25, -0.2) is 10.6 Å². The van der Waals surface area contributed by atoms with E-state index in [-0.39, 0.29) is 11.0 Å². The van der Waals surface area contributed by atoms with Crippen molar-refractivity contribution in [1.82, 2.24) is 20.3 Å². The molecule has 4 N–H and O–H groups in total. The van der Waals surface area contributed by atoms with Gasteiger partial charge in [-0.05, 0) is 51.9 Å². The summed E-state index contributed by atoms with van der Waals surface area (Å²) in [6.45, 7) is 19.0. The molecule has 148 valence electrons. The van der Waals surface area contributed by atoms with Crippen molar-refractivity contribution in [3.05, 3.63) is 11.9 Å². The summed E-state index contributed by atoms with van der Waals surface area (Å²) in [5, 5.41) is 18.4. The van der Waals surface area contributed by atoms with Crippen molar-refractivity contribution in [2.45, 2.75) is 86.5 Å². The van der Waals surface area contributed by atoms with Crippen molar-refractivity contribution in [2.75, 3.05) is 6.61 Å². The molecule has 25 heavy (non-hydrogen) atoms. The highest BCUT2D eigenvalue weighted by molar-refractivity contribution is 4.98. The van der Waals surface area contributed by atoms with Crippen LogP contribution in [0, 0.1) is 11.3 Å².